The van der Waals surface area contributed by atoms with Crippen LogP contribution in [-0.4, -0.2) is 63.2 Å². The van der Waals surface area contributed by atoms with Gasteiger partial charge in [0.2, 0.25) is 0 Å². The molecule has 0 bridgehead atoms. The van der Waals surface area contributed by atoms with E-state index in [4.69, 9.17) is 21.3 Å². The molecule has 178 valence electrons. The standard InChI is InChI=1S/C24H28ClN3O4.CH4/c1-24(2,3)32-23(31)28-12-11-27(14-19(28)22(29)30)21-18-9-8-17(25)13-16(18)7-6-15-5-4-10-26-20(15)21;/h4-5,8-10,13,19,21H,6-7,11-12,14H2,1-3H3,(H,29,30);1H4/t19-,21+;/m1./s1. The number of hydrogen-bond donors (Lipinski definition) is 1. The molecule has 1 amide bonds. The van der Waals surface area contributed by atoms with Gasteiger partial charge in [0.15, 0.2) is 0 Å². The molecule has 0 unspecified atom stereocenters. The van der Waals surface area contributed by atoms with E-state index in [1.165, 1.54) is 4.90 Å². The Morgan fingerprint density at radius 1 is 1.15 bits per heavy atom. The maximum Gasteiger partial charge on any atom is 0.411 e. The van der Waals surface area contributed by atoms with E-state index >= 15 is 0 Å². The number of piperazine rings is 1. The molecular formula is C25H32ClN3O4. The summed E-state index contributed by atoms with van der Waals surface area (Å²) in [4.78, 5) is 33.0. The maximum absolute atomic E-state index is 12.7. The van der Waals surface area contributed by atoms with Gasteiger partial charge in [0.25, 0.3) is 0 Å². The van der Waals surface area contributed by atoms with Gasteiger partial charge in [-0.25, -0.2) is 9.59 Å². The number of amides is 1. The smallest absolute Gasteiger partial charge is 0.411 e. The van der Waals surface area contributed by atoms with Crippen molar-refractivity contribution in [3.63, 3.8) is 0 Å². The van der Waals surface area contributed by atoms with E-state index in [0.29, 0.717) is 11.6 Å². The molecule has 1 aliphatic heterocycles. The minimum atomic E-state index is -1.05. The van der Waals surface area contributed by atoms with E-state index in [-0.39, 0.29) is 26.6 Å². The van der Waals surface area contributed by atoms with Crippen molar-refractivity contribution in [3.8, 4) is 0 Å². The highest BCUT2D eigenvalue weighted by Gasteiger charge is 2.41. The molecule has 2 atom stereocenters. The van der Waals surface area contributed by atoms with Gasteiger partial charge in [0.05, 0.1) is 11.7 Å². The molecule has 2 heterocycles. The van der Waals surface area contributed by atoms with Crippen molar-refractivity contribution in [1.82, 2.24) is 14.8 Å². The average Bonchev–Trinajstić information content (AvgIpc) is 2.88. The predicted molar refractivity (Wildman–Crippen MR) is 128 cm³/mol. The Labute approximate surface area is 200 Å². The summed E-state index contributed by atoms with van der Waals surface area (Å²) in [5, 5.41) is 10.6. The molecule has 0 radical (unpaired) electrons. The third-order valence-corrected chi connectivity index (χ3v) is 6.17. The van der Waals surface area contributed by atoms with Crippen molar-refractivity contribution in [1.29, 1.82) is 0 Å². The minimum absolute atomic E-state index is 0. The summed E-state index contributed by atoms with van der Waals surface area (Å²) < 4.78 is 5.46. The molecule has 4 rings (SSSR count). The summed E-state index contributed by atoms with van der Waals surface area (Å²) >= 11 is 6.28. The monoisotopic (exact) mass is 473 g/mol. The number of carbonyl (C=O) groups is 2. The number of halogens is 1. The fourth-order valence-corrected chi connectivity index (χ4v) is 4.74. The van der Waals surface area contributed by atoms with E-state index in [1.807, 2.05) is 24.3 Å². The number of rotatable bonds is 2. The molecule has 1 aromatic heterocycles. The Bertz CT molecular complexity index is 1040. The Hall–Kier alpha value is -2.64. The van der Waals surface area contributed by atoms with Crippen LogP contribution >= 0.6 is 11.6 Å². The highest BCUT2D eigenvalue weighted by molar-refractivity contribution is 6.30. The molecule has 2 aromatic rings. The third-order valence-electron chi connectivity index (χ3n) is 5.94. The number of aromatic nitrogens is 1. The van der Waals surface area contributed by atoms with Crippen LogP contribution in [0, 0.1) is 0 Å². The second-order valence-corrected chi connectivity index (χ2v) is 9.75. The first-order chi connectivity index (χ1) is 15.1. The van der Waals surface area contributed by atoms with Crippen molar-refractivity contribution in [3.05, 3.63) is 63.9 Å². The van der Waals surface area contributed by atoms with Crippen molar-refractivity contribution >= 4 is 23.7 Å². The van der Waals surface area contributed by atoms with E-state index in [2.05, 4.69) is 11.0 Å². The van der Waals surface area contributed by atoms with Crippen LogP contribution in [-0.2, 0) is 22.4 Å². The summed E-state index contributed by atoms with van der Waals surface area (Å²) in [6.45, 7) is 6.25. The fourth-order valence-electron chi connectivity index (χ4n) is 4.54. The molecule has 2 aliphatic rings. The number of carboxylic acid groups (broad SMARTS) is 1. The van der Waals surface area contributed by atoms with Gasteiger partial charge in [-0.2, -0.15) is 0 Å². The first-order valence-corrected chi connectivity index (χ1v) is 11.2. The lowest BCUT2D eigenvalue weighted by molar-refractivity contribution is -0.146. The largest absolute Gasteiger partial charge is 0.480 e. The lowest BCUT2D eigenvalue weighted by atomic mass is 9.95. The first-order valence-electron chi connectivity index (χ1n) is 10.8. The lowest BCUT2D eigenvalue weighted by Gasteiger charge is -2.43. The number of carbonyl (C=O) groups excluding carboxylic acids is 1. The van der Waals surface area contributed by atoms with Crippen LogP contribution in [0.1, 0.15) is 56.6 Å². The predicted octanol–water partition coefficient (Wildman–Crippen LogP) is 4.57. The van der Waals surface area contributed by atoms with E-state index < -0.39 is 23.7 Å². The minimum Gasteiger partial charge on any atom is -0.480 e. The molecule has 1 saturated heterocycles. The summed E-state index contributed by atoms with van der Waals surface area (Å²) in [6.07, 6.45) is 2.85. The molecule has 0 saturated carbocycles. The van der Waals surface area contributed by atoms with Crippen LogP contribution in [0.2, 0.25) is 5.02 Å². The molecule has 0 spiro atoms. The number of aryl methyl sites for hydroxylation is 2. The zero-order valence-corrected chi connectivity index (χ0v) is 19.3. The number of aliphatic carboxylic acids is 1. The molecule has 1 aromatic carbocycles. The van der Waals surface area contributed by atoms with Crippen LogP contribution < -0.4 is 0 Å². The van der Waals surface area contributed by atoms with Gasteiger partial charge in [-0.3, -0.25) is 14.8 Å². The summed E-state index contributed by atoms with van der Waals surface area (Å²) in [5.74, 6) is -1.05. The van der Waals surface area contributed by atoms with Crippen molar-refractivity contribution in [2.24, 2.45) is 0 Å². The summed E-state index contributed by atoms with van der Waals surface area (Å²) in [7, 11) is 0. The molecule has 8 heteroatoms. The van der Waals surface area contributed by atoms with Crippen LogP contribution in [0.5, 0.6) is 0 Å². The van der Waals surface area contributed by atoms with Gasteiger partial charge < -0.3 is 9.84 Å². The first kappa shape index (κ1) is 25.0. The fraction of sp³-hybridized carbons (Fsp3) is 0.480. The highest BCUT2D eigenvalue weighted by Crippen LogP contribution is 2.37. The van der Waals surface area contributed by atoms with Gasteiger partial charge in [0, 0.05) is 30.9 Å². The number of pyridine rings is 1. The van der Waals surface area contributed by atoms with E-state index in [0.717, 1.165) is 35.2 Å². The van der Waals surface area contributed by atoms with E-state index in [9.17, 15) is 14.7 Å². The van der Waals surface area contributed by atoms with Gasteiger partial charge in [0.1, 0.15) is 11.6 Å². The second kappa shape index (κ2) is 9.69. The number of nitrogens with zero attached hydrogens (tertiary/aromatic N) is 3. The zero-order chi connectivity index (χ0) is 23.0. The second-order valence-electron chi connectivity index (χ2n) is 9.32. The molecule has 1 aliphatic carbocycles. The zero-order valence-electron chi connectivity index (χ0n) is 18.5. The van der Waals surface area contributed by atoms with Gasteiger partial charge in [-0.05, 0) is 68.5 Å². The van der Waals surface area contributed by atoms with Crippen molar-refractivity contribution < 1.29 is 19.4 Å². The Morgan fingerprint density at radius 2 is 1.88 bits per heavy atom. The van der Waals surface area contributed by atoms with Crippen LogP contribution in [0.15, 0.2) is 36.5 Å². The highest BCUT2D eigenvalue weighted by atomic mass is 35.5. The quantitative estimate of drug-likeness (QED) is 0.688. The topological polar surface area (TPSA) is 83.0 Å². The summed E-state index contributed by atoms with van der Waals surface area (Å²) in [6, 6.07) is 8.66. The van der Waals surface area contributed by atoms with E-state index in [1.54, 1.807) is 27.0 Å². The molecule has 7 nitrogen and oxygen atoms in total. The Balaban J connectivity index is 0.00000306. The van der Waals surface area contributed by atoms with Crippen molar-refractivity contribution in [2.75, 3.05) is 19.6 Å². The maximum atomic E-state index is 12.7. The molecule has 33 heavy (non-hydrogen) atoms. The Morgan fingerprint density at radius 3 is 2.58 bits per heavy atom. The Kier molecular flexibility index (Phi) is 7.34. The number of carboxylic acids is 1. The van der Waals surface area contributed by atoms with Crippen LogP contribution in [0.25, 0.3) is 0 Å². The number of hydrogen-bond acceptors (Lipinski definition) is 5. The summed E-state index contributed by atoms with van der Waals surface area (Å²) in [5.41, 5.74) is 3.61. The SMILES string of the molecule is C.CC(C)(C)OC(=O)N1CCN([C@H]2c3ccc(Cl)cc3CCc3cccnc32)C[C@@H]1C(=O)O. The van der Waals surface area contributed by atoms with Gasteiger partial charge >= 0.3 is 12.1 Å². The number of benzene rings is 1. The molecule has 1 fully saturated rings. The lowest BCUT2D eigenvalue weighted by Crippen LogP contribution is -2.59. The van der Waals surface area contributed by atoms with Crippen LogP contribution in [0.3, 0.4) is 0 Å². The average molecular weight is 474 g/mol. The normalized spacial score (nSPS) is 20.7. The van der Waals surface area contributed by atoms with Crippen molar-refractivity contribution in [2.45, 2.75) is 58.7 Å². The number of fused-ring (bicyclic) bond motifs is 2. The van der Waals surface area contributed by atoms with Gasteiger partial charge in [-0.1, -0.05) is 31.2 Å². The number of ether oxygens (including phenoxy) is 1. The molecular weight excluding hydrogens is 442 g/mol. The molecule has 1 N–H and O–H groups in total. The van der Waals surface area contributed by atoms with Crippen LogP contribution in [0.4, 0.5) is 4.79 Å². The van der Waals surface area contributed by atoms with Gasteiger partial charge in [-0.15, -0.1) is 0 Å². The third kappa shape index (κ3) is 5.31.